The maximum absolute atomic E-state index is 5.52. The lowest BCUT2D eigenvalue weighted by Crippen LogP contribution is -1.91. The second-order valence-electron chi connectivity index (χ2n) is 3.46. The number of ether oxygens (including phenoxy) is 1. The van der Waals surface area contributed by atoms with E-state index in [0.717, 1.165) is 11.3 Å². The van der Waals surface area contributed by atoms with Crippen LogP contribution >= 0.6 is 0 Å². The molecule has 1 radical (unpaired) electrons. The minimum atomic E-state index is 0.865. The summed E-state index contributed by atoms with van der Waals surface area (Å²) in [6.07, 6.45) is 0. The number of hydrogen-bond donors (Lipinski definition) is 0. The van der Waals surface area contributed by atoms with Crippen LogP contribution in [-0.2, 0) is 0 Å². The van der Waals surface area contributed by atoms with E-state index in [2.05, 4.69) is 6.92 Å². The Balaban J connectivity index is 1.96. The van der Waals surface area contributed by atoms with Crippen molar-refractivity contribution in [3.05, 3.63) is 72.3 Å². The molecule has 0 bridgehead atoms. The second kappa shape index (κ2) is 4.65. The molecule has 0 aliphatic heterocycles. The molecule has 1 nitrogen and oxygen atoms in total. The zero-order valence-electron chi connectivity index (χ0n) is 8.68. The average Bonchev–Trinajstić information content (AvgIpc) is 2.30. The maximum atomic E-state index is 5.52. The van der Waals surface area contributed by atoms with E-state index >= 15 is 0 Å². The quantitative estimate of drug-likeness (QED) is 0.730. The predicted octanol–water partition coefficient (Wildman–Crippen LogP) is 3.58. The number of rotatable bonds is 3. The first-order chi connectivity index (χ1) is 7.34. The smallest absolute Gasteiger partial charge is 0.165 e. The number of hydrogen-bond acceptors (Lipinski definition) is 1. The zero-order valence-corrected chi connectivity index (χ0v) is 8.68. The molecule has 2 aromatic carbocycles. The van der Waals surface area contributed by atoms with Crippen molar-refractivity contribution in [2.45, 2.75) is 6.92 Å². The Labute approximate surface area is 90.3 Å². The van der Waals surface area contributed by atoms with Crippen LogP contribution in [-0.4, -0.2) is 0 Å². The van der Waals surface area contributed by atoms with Gasteiger partial charge in [0.05, 0.1) is 0 Å². The summed E-state index contributed by atoms with van der Waals surface area (Å²) < 4.78 is 5.52. The van der Waals surface area contributed by atoms with Crippen molar-refractivity contribution in [3.63, 3.8) is 0 Å². The highest BCUT2D eigenvalue weighted by Crippen LogP contribution is 2.14. The van der Waals surface area contributed by atoms with Gasteiger partial charge in [0, 0.05) is 0 Å². The molecule has 2 rings (SSSR count). The lowest BCUT2D eigenvalue weighted by molar-refractivity contribution is 0.428. The fraction of sp³-hybridized carbons (Fsp3) is 0.0714. The minimum Gasteiger partial charge on any atom is -0.481 e. The van der Waals surface area contributed by atoms with Crippen molar-refractivity contribution in [1.29, 1.82) is 0 Å². The minimum absolute atomic E-state index is 0.865. The molecule has 0 saturated heterocycles. The molecule has 2 aromatic rings. The molecule has 0 aromatic heterocycles. The van der Waals surface area contributed by atoms with Gasteiger partial charge in [-0.2, -0.15) is 0 Å². The van der Waals surface area contributed by atoms with Crippen molar-refractivity contribution >= 4 is 0 Å². The monoisotopic (exact) mass is 197 g/mol. The Morgan fingerprint density at radius 2 is 1.53 bits per heavy atom. The van der Waals surface area contributed by atoms with Gasteiger partial charge in [0.2, 0.25) is 0 Å². The lowest BCUT2D eigenvalue weighted by Gasteiger charge is -2.04. The molecule has 1 heteroatoms. The van der Waals surface area contributed by atoms with Crippen molar-refractivity contribution < 1.29 is 4.74 Å². The third kappa shape index (κ3) is 2.84. The van der Waals surface area contributed by atoms with Crippen molar-refractivity contribution in [3.8, 4) is 5.75 Å². The molecule has 0 saturated carbocycles. The molecule has 0 amide bonds. The van der Waals surface area contributed by atoms with Gasteiger partial charge in [0.15, 0.2) is 6.61 Å². The zero-order chi connectivity index (χ0) is 10.5. The van der Waals surface area contributed by atoms with E-state index in [4.69, 9.17) is 4.74 Å². The van der Waals surface area contributed by atoms with Gasteiger partial charge >= 0.3 is 0 Å². The van der Waals surface area contributed by atoms with Crippen molar-refractivity contribution in [2.24, 2.45) is 0 Å². The normalized spacial score (nSPS) is 9.93. The second-order valence-corrected chi connectivity index (χ2v) is 3.46. The Bertz CT molecular complexity index is 403. The highest BCUT2D eigenvalue weighted by Gasteiger charge is 1.95. The van der Waals surface area contributed by atoms with Gasteiger partial charge in [-0.3, -0.25) is 0 Å². The van der Waals surface area contributed by atoms with E-state index in [9.17, 15) is 0 Å². The molecule has 0 heterocycles. The molecule has 0 aliphatic carbocycles. The standard InChI is InChI=1S/C14H13O/c1-12-7-9-14(10-8-12)15-11-13-5-3-2-4-6-13/h2-11H,1H3. The van der Waals surface area contributed by atoms with Gasteiger partial charge in [-0.25, -0.2) is 0 Å². The van der Waals surface area contributed by atoms with E-state index < -0.39 is 0 Å². The van der Waals surface area contributed by atoms with Crippen molar-refractivity contribution in [1.82, 2.24) is 0 Å². The largest absolute Gasteiger partial charge is 0.481 e. The fourth-order valence-corrected chi connectivity index (χ4v) is 1.28. The van der Waals surface area contributed by atoms with E-state index in [1.54, 1.807) is 6.61 Å². The van der Waals surface area contributed by atoms with Gasteiger partial charge in [0.1, 0.15) is 5.75 Å². The Morgan fingerprint density at radius 3 is 2.20 bits per heavy atom. The Hall–Kier alpha value is -1.76. The predicted molar refractivity (Wildman–Crippen MR) is 61.7 cm³/mol. The number of aryl methyl sites for hydroxylation is 1. The first-order valence-electron chi connectivity index (χ1n) is 4.96. The SMILES string of the molecule is Cc1ccc(O[CH]c2ccccc2)cc1. The van der Waals surface area contributed by atoms with Gasteiger partial charge in [-0.05, 0) is 24.6 Å². The molecule has 0 N–H and O–H groups in total. The van der Waals surface area contributed by atoms with Crippen LogP contribution in [0.15, 0.2) is 54.6 Å². The number of benzene rings is 2. The van der Waals surface area contributed by atoms with Crippen LogP contribution in [0.5, 0.6) is 5.75 Å². The molecule has 75 valence electrons. The molecule has 0 atom stereocenters. The molecule has 0 unspecified atom stereocenters. The van der Waals surface area contributed by atoms with Crippen LogP contribution in [0, 0.1) is 13.5 Å². The Morgan fingerprint density at radius 1 is 0.867 bits per heavy atom. The molecular weight excluding hydrogens is 184 g/mol. The summed E-state index contributed by atoms with van der Waals surface area (Å²) in [6.45, 7) is 3.81. The van der Waals surface area contributed by atoms with Gasteiger partial charge in [0.25, 0.3) is 0 Å². The summed E-state index contributed by atoms with van der Waals surface area (Å²) in [7, 11) is 0. The first-order valence-corrected chi connectivity index (χ1v) is 4.96. The first kappa shape index (κ1) is 9.78. The summed E-state index contributed by atoms with van der Waals surface area (Å²) in [5.74, 6) is 0.865. The van der Waals surface area contributed by atoms with Crippen LogP contribution in [0.1, 0.15) is 11.1 Å². The lowest BCUT2D eigenvalue weighted by atomic mass is 10.2. The highest BCUT2D eigenvalue weighted by atomic mass is 16.5. The van der Waals surface area contributed by atoms with Crippen LogP contribution < -0.4 is 4.74 Å². The topological polar surface area (TPSA) is 9.23 Å². The molecular formula is C14H13O. The van der Waals surface area contributed by atoms with E-state index in [0.29, 0.717) is 0 Å². The molecule has 15 heavy (non-hydrogen) atoms. The summed E-state index contributed by atoms with van der Waals surface area (Å²) in [5, 5.41) is 0. The fourth-order valence-electron chi connectivity index (χ4n) is 1.28. The van der Waals surface area contributed by atoms with E-state index in [-0.39, 0.29) is 0 Å². The molecule has 0 aliphatic rings. The summed E-state index contributed by atoms with van der Waals surface area (Å²) in [4.78, 5) is 0. The summed E-state index contributed by atoms with van der Waals surface area (Å²) in [6, 6.07) is 18.0. The third-order valence-electron chi connectivity index (χ3n) is 2.15. The van der Waals surface area contributed by atoms with Crippen LogP contribution in [0.4, 0.5) is 0 Å². The highest BCUT2D eigenvalue weighted by molar-refractivity contribution is 5.29. The summed E-state index contributed by atoms with van der Waals surface area (Å²) >= 11 is 0. The van der Waals surface area contributed by atoms with Crippen LogP contribution in [0.2, 0.25) is 0 Å². The maximum Gasteiger partial charge on any atom is 0.165 e. The molecule has 0 fully saturated rings. The van der Waals surface area contributed by atoms with E-state index in [1.165, 1.54) is 5.56 Å². The third-order valence-corrected chi connectivity index (χ3v) is 2.15. The van der Waals surface area contributed by atoms with Gasteiger partial charge in [-0.1, -0.05) is 48.0 Å². The van der Waals surface area contributed by atoms with E-state index in [1.807, 2.05) is 54.6 Å². The van der Waals surface area contributed by atoms with Gasteiger partial charge in [-0.15, -0.1) is 0 Å². The average molecular weight is 197 g/mol. The Kier molecular flexibility index (Phi) is 3.03. The summed E-state index contributed by atoms with van der Waals surface area (Å²) in [5.41, 5.74) is 2.31. The molecule has 0 spiro atoms. The van der Waals surface area contributed by atoms with Crippen LogP contribution in [0.3, 0.4) is 0 Å². The van der Waals surface area contributed by atoms with Crippen molar-refractivity contribution in [2.75, 3.05) is 0 Å². The van der Waals surface area contributed by atoms with Gasteiger partial charge < -0.3 is 4.74 Å². The van der Waals surface area contributed by atoms with Crippen LogP contribution in [0.25, 0.3) is 0 Å².